The van der Waals surface area contributed by atoms with Crippen LogP contribution in [0.2, 0.25) is 0 Å². The fourth-order valence-electron chi connectivity index (χ4n) is 2.02. The van der Waals surface area contributed by atoms with E-state index in [0.717, 1.165) is 22.3 Å². The summed E-state index contributed by atoms with van der Waals surface area (Å²) in [6.45, 7) is 0. The molecule has 1 heterocycles. The summed E-state index contributed by atoms with van der Waals surface area (Å²) < 4.78 is 6.98. The molecule has 3 aromatic rings. The van der Waals surface area contributed by atoms with Crippen molar-refractivity contribution in [3.63, 3.8) is 0 Å². The zero-order chi connectivity index (χ0) is 12.5. The van der Waals surface area contributed by atoms with Crippen molar-refractivity contribution in [3.8, 4) is 11.4 Å². The lowest BCUT2D eigenvalue weighted by molar-refractivity contribution is 0.415. The number of nitrogen functional groups attached to an aromatic ring is 1. The summed E-state index contributed by atoms with van der Waals surface area (Å²) in [6, 6.07) is 13.6. The number of rotatable bonds is 2. The largest absolute Gasteiger partial charge is 0.497 e. The van der Waals surface area contributed by atoms with E-state index in [2.05, 4.69) is 5.10 Å². The summed E-state index contributed by atoms with van der Waals surface area (Å²) in [5.41, 5.74) is 8.57. The number of fused-ring (bicyclic) bond motifs is 1. The molecule has 0 spiro atoms. The molecule has 3 rings (SSSR count). The average molecular weight is 239 g/mol. The Morgan fingerprint density at radius 2 is 2.00 bits per heavy atom. The fourth-order valence-corrected chi connectivity index (χ4v) is 2.02. The van der Waals surface area contributed by atoms with Crippen molar-refractivity contribution in [2.45, 2.75) is 0 Å². The fraction of sp³-hybridized carbons (Fsp3) is 0.0714. The Kier molecular flexibility index (Phi) is 2.41. The molecule has 4 heteroatoms. The molecule has 0 atom stereocenters. The van der Waals surface area contributed by atoms with Gasteiger partial charge >= 0.3 is 0 Å². The molecular weight excluding hydrogens is 226 g/mol. The van der Waals surface area contributed by atoms with Crippen molar-refractivity contribution in [1.29, 1.82) is 0 Å². The van der Waals surface area contributed by atoms with Gasteiger partial charge in [-0.2, -0.15) is 5.10 Å². The number of anilines is 1. The number of nitrogens with zero attached hydrogens (tertiary/aromatic N) is 2. The van der Waals surface area contributed by atoms with Crippen molar-refractivity contribution in [3.05, 3.63) is 48.7 Å². The summed E-state index contributed by atoms with van der Waals surface area (Å²) in [6.07, 6.45) is 1.83. The van der Waals surface area contributed by atoms with Crippen LogP contribution in [0, 0.1) is 0 Å². The highest BCUT2D eigenvalue weighted by Crippen LogP contribution is 2.25. The van der Waals surface area contributed by atoms with E-state index in [-0.39, 0.29) is 0 Å². The lowest BCUT2D eigenvalue weighted by Crippen LogP contribution is -2.01. The highest BCUT2D eigenvalue weighted by atomic mass is 16.5. The van der Waals surface area contributed by atoms with Gasteiger partial charge in [-0.1, -0.05) is 18.2 Å². The third-order valence-corrected chi connectivity index (χ3v) is 2.94. The number of benzene rings is 2. The van der Waals surface area contributed by atoms with Gasteiger partial charge in [0.15, 0.2) is 0 Å². The maximum Gasteiger partial charge on any atom is 0.121 e. The summed E-state index contributed by atoms with van der Waals surface area (Å²) in [5.74, 6) is 0.743. The molecule has 0 amide bonds. The number of aromatic nitrogens is 2. The van der Waals surface area contributed by atoms with Gasteiger partial charge in [-0.05, 0) is 18.2 Å². The first-order valence-electron chi connectivity index (χ1n) is 5.66. The molecule has 0 fully saturated rings. The van der Waals surface area contributed by atoms with E-state index in [1.54, 1.807) is 13.2 Å². The SMILES string of the molecule is COc1ccc(-n2ncc3ccccc32)c(N)c1. The molecule has 18 heavy (non-hydrogen) atoms. The van der Waals surface area contributed by atoms with Crippen LogP contribution in [-0.4, -0.2) is 16.9 Å². The molecule has 4 nitrogen and oxygen atoms in total. The number of methoxy groups -OCH3 is 1. The summed E-state index contributed by atoms with van der Waals surface area (Å²) in [5, 5.41) is 5.47. The number of para-hydroxylation sites is 1. The van der Waals surface area contributed by atoms with Gasteiger partial charge in [-0.25, -0.2) is 4.68 Å². The van der Waals surface area contributed by atoms with Crippen molar-refractivity contribution in [2.24, 2.45) is 0 Å². The Bertz CT molecular complexity index is 703. The number of ether oxygens (including phenoxy) is 1. The van der Waals surface area contributed by atoms with Crippen LogP contribution in [0.15, 0.2) is 48.7 Å². The van der Waals surface area contributed by atoms with Crippen LogP contribution in [0.4, 0.5) is 5.69 Å². The molecule has 2 N–H and O–H groups in total. The predicted molar refractivity (Wildman–Crippen MR) is 72.0 cm³/mol. The highest BCUT2D eigenvalue weighted by Gasteiger charge is 2.07. The molecule has 0 saturated carbocycles. The Morgan fingerprint density at radius 1 is 1.17 bits per heavy atom. The van der Waals surface area contributed by atoms with Gasteiger partial charge in [0.2, 0.25) is 0 Å². The molecule has 0 radical (unpaired) electrons. The van der Waals surface area contributed by atoms with Crippen LogP contribution >= 0.6 is 0 Å². The van der Waals surface area contributed by atoms with Crippen LogP contribution in [0.25, 0.3) is 16.6 Å². The van der Waals surface area contributed by atoms with Crippen LogP contribution in [0.3, 0.4) is 0 Å². The molecule has 0 saturated heterocycles. The number of hydrogen-bond donors (Lipinski definition) is 1. The quantitative estimate of drug-likeness (QED) is 0.699. The molecule has 0 aliphatic heterocycles. The molecule has 1 aromatic heterocycles. The van der Waals surface area contributed by atoms with Crippen molar-refractivity contribution in [2.75, 3.05) is 12.8 Å². The van der Waals surface area contributed by atoms with E-state index < -0.39 is 0 Å². The zero-order valence-corrected chi connectivity index (χ0v) is 10.00. The normalized spacial score (nSPS) is 10.7. The minimum atomic E-state index is 0.642. The standard InChI is InChI=1S/C14H13N3O/c1-18-11-6-7-14(12(15)8-11)17-13-5-3-2-4-10(13)9-16-17/h2-9H,15H2,1H3. The topological polar surface area (TPSA) is 53.1 Å². The first-order chi connectivity index (χ1) is 8.79. The monoisotopic (exact) mass is 239 g/mol. The maximum atomic E-state index is 6.04. The minimum absolute atomic E-state index is 0.642. The molecule has 0 aliphatic carbocycles. The Balaban J connectivity index is 2.20. The van der Waals surface area contributed by atoms with Gasteiger partial charge in [0, 0.05) is 11.5 Å². The van der Waals surface area contributed by atoms with E-state index in [1.807, 2.05) is 47.3 Å². The van der Waals surface area contributed by atoms with E-state index in [0.29, 0.717) is 5.69 Å². The van der Waals surface area contributed by atoms with Crippen LogP contribution in [0.5, 0.6) is 5.75 Å². The lowest BCUT2D eigenvalue weighted by atomic mass is 10.2. The Morgan fingerprint density at radius 3 is 2.78 bits per heavy atom. The van der Waals surface area contributed by atoms with Crippen LogP contribution in [-0.2, 0) is 0 Å². The van der Waals surface area contributed by atoms with Gasteiger partial charge in [0.25, 0.3) is 0 Å². The highest BCUT2D eigenvalue weighted by molar-refractivity contribution is 5.81. The van der Waals surface area contributed by atoms with Crippen LogP contribution < -0.4 is 10.5 Å². The van der Waals surface area contributed by atoms with Crippen molar-refractivity contribution >= 4 is 16.6 Å². The van der Waals surface area contributed by atoms with E-state index >= 15 is 0 Å². The van der Waals surface area contributed by atoms with Gasteiger partial charge in [-0.15, -0.1) is 0 Å². The van der Waals surface area contributed by atoms with E-state index in [9.17, 15) is 0 Å². The van der Waals surface area contributed by atoms with Crippen molar-refractivity contribution < 1.29 is 4.74 Å². The maximum absolute atomic E-state index is 6.04. The minimum Gasteiger partial charge on any atom is -0.497 e. The molecule has 0 aliphatic rings. The van der Waals surface area contributed by atoms with E-state index in [4.69, 9.17) is 10.5 Å². The molecule has 0 unspecified atom stereocenters. The third kappa shape index (κ3) is 1.59. The summed E-state index contributed by atoms with van der Waals surface area (Å²) in [4.78, 5) is 0. The average Bonchev–Trinajstić information content (AvgIpc) is 2.82. The zero-order valence-electron chi connectivity index (χ0n) is 10.00. The summed E-state index contributed by atoms with van der Waals surface area (Å²) in [7, 11) is 1.62. The molecular formula is C14H13N3O. The molecule has 2 aromatic carbocycles. The third-order valence-electron chi connectivity index (χ3n) is 2.94. The van der Waals surface area contributed by atoms with Crippen LogP contribution in [0.1, 0.15) is 0 Å². The second kappa shape index (κ2) is 4.07. The molecule has 90 valence electrons. The van der Waals surface area contributed by atoms with Gasteiger partial charge < -0.3 is 10.5 Å². The Labute approximate surface area is 105 Å². The van der Waals surface area contributed by atoms with Gasteiger partial charge in [0.05, 0.1) is 30.2 Å². The Hall–Kier alpha value is -2.49. The smallest absolute Gasteiger partial charge is 0.121 e. The first kappa shape index (κ1) is 10.7. The number of hydrogen-bond acceptors (Lipinski definition) is 3. The number of nitrogens with two attached hydrogens (primary N) is 1. The van der Waals surface area contributed by atoms with E-state index in [1.165, 1.54) is 0 Å². The second-order valence-electron chi connectivity index (χ2n) is 4.04. The lowest BCUT2D eigenvalue weighted by Gasteiger charge is -2.08. The van der Waals surface area contributed by atoms with Gasteiger partial charge in [-0.3, -0.25) is 0 Å². The summed E-state index contributed by atoms with van der Waals surface area (Å²) >= 11 is 0. The van der Waals surface area contributed by atoms with Crippen molar-refractivity contribution in [1.82, 2.24) is 9.78 Å². The predicted octanol–water partition coefficient (Wildman–Crippen LogP) is 2.62. The second-order valence-corrected chi connectivity index (χ2v) is 4.04. The first-order valence-corrected chi connectivity index (χ1v) is 5.66. The molecule has 0 bridgehead atoms. The van der Waals surface area contributed by atoms with Gasteiger partial charge in [0.1, 0.15) is 5.75 Å².